The molecule has 4 amide bonds. The van der Waals surface area contributed by atoms with Gasteiger partial charge in [-0.25, -0.2) is 0 Å². The maximum atomic E-state index is 13.2. The molecule has 1 unspecified atom stereocenters. The van der Waals surface area contributed by atoms with Gasteiger partial charge in [-0.2, -0.15) is 0 Å². The van der Waals surface area contributed by atoms with E-state index < -0.39 is 29.7 Å². The molecule has 2 saturated heterocycles. The van der Waals surface area contributed by atoms with Crippen LogP contribution < -0.4 is 15.0 Å². The minimum absolute atomic E-state index is 0.0436. The van der Waals surface area contributed by atoms with Crippen molar-refractivity contribution in [3.8, 4) is 5.75 Å². The maximum absolute atomic E-state index is 13.2. The number of anilines is 1. The molecule has 1 saturated carbocycles. The van der Waals surface area contributed by atoms with E-state index >= 15 is 0 Å². The fourth-order valence-corrected chi connectivity index (χ4v) is 7.07. The number of Topliss-reactive ketones (excluding diaryl/α,β-unsaturated/α-hetero) is 2. The number of aliphatic hydroxyl groups excluding tert-OH is 1. The van der Waals surface area contributed by atoms with E-state index in [4.69, 9.17) is 14.2 Å². The Balaban J connectivity index is 0.832. The molecular formula is C38H44N4O10. The van der Waals surface area contributed by atoms with Crippen LogP contribution >= 0.6 is 0 Å². The van der Waals surface area contributed by atoms with Gasteiger partial charge in [0.25, 0.3) is 11.8 Å². The van der Waals surface area contributed by atoms with Crippen LogP contribution in [0.2, 0.25) is 0 Å². The Hall–Kier alpha value is -4.92. The summed E-state index contributed by atoms with van der Waals surface area (Å²) in [5.41, 5.74) is 2.24. The number of nitrogens with zero attached hydrogens (tertiary/aromatic N) is 3. The van der Waals surface area contributed by atoms with E-state index in [1.807, 2.05) is 30.3 Å². The molecule has 3 heterocycles. The van der Waals surface area contributed by atoms with Crippen molar-refractivity contribution in [1.29, 1.82) is 0 Å². The Labute approximate surface area is 301 Å². The number of carbonyl (C=O) groups excluding carboxylic acids is 6. The van der Waals surface area contributed by atoms with Gasteiger partial charge in [-0.05, 0) is 48.2 Å². The fraction of sp³-hybridized carbons (Fsp3) is 0.474. The third-order valence-electron chi connectivity index (χ3n) is 9.98. The first-order valence-electron chi connectivity index (χ1n) is 17.8. The lowest BCUT2D eigenvalue weighted by molar-refractivity contribution is -0.136. The molecule has 1 aliphatic carbocycles. The highest BCUT2D eigenvalue weighted by Crippen LogP contribution is 2.34. The number of imide groups is 2. The van der Waals surface area contributed by atoms with Crippen LogP contribution in [-0.4, -0.2) is 122 Å². The lowest BCUT2D eigenvalue weighted by Gasteiger charge is -2.36. The quantitative estimate of drug-likeness (QED) is 0.0964. The molecule has 2 aromatic rings. The first kappa shape index (κ1) is 36.9. The minimum atomic E-state index is -0.983. The highest BCUT2D eigenvalue weighted by Gasteiger charge is 2.45. The first-order chi connectivity index (χ1) is 25.1. The highest BCUT2D eigenvalue weighted by atomic mass is 16.5. The maximum Gasteiger partial charge on any atom is 0.262 e. The standard InChI is InChI=1S/C38H44N4O10/c1-2-31(43)35-32(44)21-25(22-33(35)45)24-3-6-27(7-4-24)52-20-19-51-18-17-50-16-15-40-11-13-41(14-12-40)26-5-8-28-29(23-26)38(49)42(37(28)48)30-9-10-34(46)39-36(30)47/h3-8,23,25,30,43H,2,9-22H2,1H3,(H,39,46,47). The van der Waals surface area contributed by atoms with Gasteiger partial charge in [-0.15, -0.1) is 0 Å². The minimum Gasteiger partial charge on any atom is -0.511 e. The molecule has 3 fully saturated rings. The Kier molecular flexibility index (Phi) is 11.8. The topological polar surface area (TPSA) is 172 Å². The molecule has 52 heavy (non-hydrogen) atoms. The second-order valence-electron chi connectivity index (χ2n) is 13.3. The zero-order valence-electron chi connectivity index (χ0n) is 29.3. The Morgan fingerprint density at radius 3 is 2.13 bits per heavy atom. The number of fused-ring (bicyclic) bond motifs is 1. The van der Waals surface area contributed by atoms with Crippen molar-refractivity contribution in [3.63, 3.8) is 0 Å². The lowest BCUT2D eigenvalue weighted by atomic mass is 9.79. The van der Waals surface area contributed by atoms with Crippen molar-refractivity contribution < 1.29 is 48.1 Å². The van der Waals surface area contributed by atoms with Crippen molar-refractivity contribution in [2.45, 2.75) is 51.0 Å². The molecule has 1 atom stereocenters. The van der Waals surface area contributed by atoms with Crippen molar-refractivity contribution >= 4 is 40.9 Å². The van der Waals surface area contributed by atoms with Crippen molar-refractivity contribution in [1.82, 2.24) is 15.1 Å². The second kappa shape index (κ2) is 16.6. The van der Waals surface area contributed by atoms with Crippen LogP contribution in [-0.2, 0) is 28.7 Å². The van der Waals surface area contributed by atoms with E-state index in [0.29, 0.717) is 38.8 Å². The van der Waals surface area contributed by atoms with Crippen molar-refractivity contribution in [3.05, 3.63) is 70.5 Å². The third kappa shape index (κ3) is 8.24. The van der Waals surface area contributed by atoms with Gasteiger partial charge in [-0.1, -0.05) is 19.1 Å². The van der Waals surface area contributed by atoms with Crippen LogP contribution in [0, 0.1) is 0 Å². The summed E-state index contributed by atoms with van der Waals surface area (Å²) in [6.07, 6.45) is 0.855. The fourth-order valence-electron chi connectivity index (χ4n) is 7.07. The number of amides is 4. The van der Waals surface area contributed by atoms with Crippen LogP contribution in [0.5, 0.6) is 5.75 Å². The van der Waals surface area contributed by atoms with Crippen LogP contribution in [0.3, 0.4) is 0 Å². The molecule has 14 heteroatoms. The summed E-state index contributed by atoms with van der Waals surface area (Å²) < 4.78 is 17.2. The van der Waals surface area contributed by atoms with Gasteiger partial charge in [0.2, 0.25) is 11.8 Å². The number of hydrogen-bond donors (Lipinski definition) is 2. The first-order valence-corrected chi connectivity index (χ1v) is 17.8. The van der Waals surface area contributed by atoms with E-state index in [0.717, 1.165) is 48.9 Å². The molecule has 4 aliphatic rings. The van der Waals surface area contributed by atoms with E-state index in [1.165, 1.54) is 0 Å². The molecule has 0 radical (unpaired) electrons. The predicted molar refractivity (Wildman–Crippen MR) is 187 cm³/mol. The number of benzene rings is 2. The number of nitrogens with one attached hydrogen (secondary N) is 1. The van der Waals surface area contributed by atoms with Crippen LogP contribution in [0.25, 0.3) is 0 Å². The van der Waals surface area contributed by atoms with Gasteiger partial charge in [0.1, 0.15) is 24.2 Å². The summed E-state index contributed by atoms with van der Waals surface area (Å²) in [4.78, 5) is 80.4. The van der Waals surface area contributed by atoms with E-state index in [2.05, 4.69) is 15.1 Å². The molecule has 0 bridgehead atoms. The van der Waals surface area contributed by atoms with Crippen molar-refractivity contribution in [2.24, 2.45) is 0 Å². The van der Waals surface area contributed by atoms with Crippen LogP contribution in [0.4, 0.5) is 5.69 Å². The van der Waals surface area contributed by atoms with Gasteiger partial charge in [0.15, 0.2) is 11.6 Å². The molecule has 6 rings (SSSR count). The van der Waals surface area contributed by atoms with Gasteiger partial charge >= 0.3 is 0 Å². The van der Waals surface area contributed by atoms with Gasteiger partial charge in [0, 0.05) is 64.1 Å². The van der Waals surface area contributed by atoms with Crippen LogP contribution in [0.1, 0.15) is 71.2 Å². The summed E-state index contributed by atoms with van der Waals surface area (Å²) in [7, 11) is 0. The number of piperazine rings is 1. The average molecular weight is 717 g/mol. The van der Waals surface area contributed by atoms with Gasteiger partial charge < -0.3 is 24.2 Å². The molecule has 0 aromatic heterocycles. The smallest absolute Gasteiger partial charge is 0.262 e. The number of hydrogen-bond acceptors (Lipinski definition) is 12. The number of rotatable bonds is 14. The average Bonchev–Trinajstić information content (AvgIpc) is 3.39. The Morgan fingerprint density at radius 2 is 1.46 bits per heavy atom. The molecule has 2 aromatic carbocycles. The second-order valence-corrected chi connectivity index (χ2v) is 13.3. The number of piperidine rings is 1. The Bertz CT molecular complexity index is 1730. The molecule has 276 valence electrons. The molecule has 0 spiro atoms. The SMILES string of the molecule is CCC(O)=C1C(=O)CC(c2ccc(OCCOCCOCCN3CCN(c4ccc5c(c4)C(=O)N(C4CCC(=O)NC4=O)C5=O)CC3)cc2)CC1=O. The third-order valence-corrected chi connectivity index (χ3v) is 9.98. The summed E-state index contributed by atoms with van der Waals surface area (Å²) in [6.45, 7) is 7.79. The van der Waals surface area contributed by atoms with Gasteiger partial charge in [0.05, 0.1) is 43.1 Å². The van der Waals surface area contributed by atoms with Crippen molar-refractivity contribution in [2.75, 3.05) is 70.7 Å². The molecule has 3 aliphatic heterocycles. The largest absolute Gasteiger partial charge is 0.511 e. The summed E-state index contributed by atoms with van der Waals surface area (Å²) in [5, 5.41) is 12.1. The van der Waals surface area contributed by atoms with E-state index in [-0.39, 0.29) is 72.0 Å². The number of allylic oxidation sites excluding steroid dienone is 2. The summed E-state index contributed by atoms with van der Waals surface area (Å²) in [5.74, 6) is -2.33. The summed E-state index contributed by atoms with van der Waals surface area (Å²) in [6, 6.07) is 11.6. The summed E-state index contributed by atoms with van der Waals surface area (Å²) >= 11 is 0. The number of ether oxygens (including phenoxy) is 3. The predicted octanol–water partition coefficient (Wildman–Crippen LogP) is 2.56. The number of carbonyl (C=O) groups is 6. The molecule has 14 nitrogen and oxygen atoms in total. The van der Waals surface area contributed by atoms with Gasteiger partial charge in [-0.3, -0.25) is 43.9 Å². The highest BCUT2D eigenvalue weighted by molar-refractivity contribution is 6.24. The lowest BCUT2D eigenvalue weighted by Crippen LogP contribution is -2.54. The number of ketones is 2. The number of aliphatic hydroxyl groups is 1. The Morgan fingerprint density at radius 1 is 0.808 bits per heavy atom. The van der Waals surface area contributed by atoms with E-state index in [1.54, 1.807) is 19.1 Å². The van der Waals surface area contributed by atoms with E-state index in [9.17, 15) is 33.9 Å². The normalized spacial score (nSPS) is 21.1. The molecule has 2 N–H and O–H groups in total. The monoisotopic (exact) mass is 716 g/mol. The van der Waals surface area contributed by atoms with Crippen LogP contribution in [0.15, 0.2) is 53.8 Å². The molecular weight excluding hydrogens is 672 g/mol. The zero-order valence-corrected chi connectivity index (χ0v) is 29.3. The zero-order chi connectivity index (χ0) is 36.8.